The van der Waals surface area contributed by atoms with Crippen molar-refractivity contribution < 1.29 is 14.2 Å². The zero-order chi connectivity index (χ0) is 24.2. The van der Waals surface area contributed by atoms with Crippen LogP contribution in [0, 0.1) is 5.41 Å². The van der Waals surface area contributed by atoms with E-state index in [1.165, 1.54) is 0 Å². The van der Waals surface area contributed by atoms with Crippen LogP contribution in [0.15, 0.2) is 42.9 Å². The third-order valence-corrected chi connectivity index (χ3v) is 5.53. The van der Waals surface area contributed by atoms with Crippen molar-refractivity contribution >= 4 is 33.5 Å². The van der Waals surface area contributed by atoms with E-state index >= 15 is 0 Å². The molecule has 1 atom stereocenters. The number of benzene rings is 1. The van der Waals surface area contributed by atoms with Gasteiger partial charge in [-0.3, -0.25) is 15.4 Å². The highest BCUT2D eigenvalue weighted by Crippen LogP contribution is 2.37. The van der Waals surface area contributed by atoms with E-state index in [9.17, 15) is 0 Å². The van der Waals surface area contributed by atoms with Crippen molar-refractivity contribution in [2.45, 2.75) is 19.4 Å². The summed E-state index contributed by atoms with van der Waals surface area (Å²) in [6.07, 6.45) is 5.80. The minimum Gasteiger partial charge on any atom is -0.493 e. The second-order valence-corrected chi connectivity index (χ2v) is 7.72. The summed E-state index contributed by atoms with van der Waals surface area (Å²) in [5.41, 5.74) is 13.9. The number of hydrogen-bond donors (Lipinski definition) is 4. The standard InChI is InChI=1S/C24H27N7O3/c1-4-14(30-24(26)27)12-34-15-5-13(9-28-10-15)19-6-16-17-7-21(32-2)22(33-3)8-20(17)29-11-18(16)23(25)31-19/h5-11,14H,4,12H2,1-3H3,(H2,25,31)(H4,26,27,30). The number of fused-ring (bicyclic) bond motifs is 3. The molecular weight excluding hydrogens is 434 g/mol. The Hall–Kier alpha value is -4.34. The fraction of sp³-hybridized carbons (Fsp3) is 0.250. The zero-order valence-electron chi connectivity index (χ0n) is 19.3. The summed E-state index contributed by atoms with van der Waals surface area (Å²) in [4.78, 5) is 13.4. The number of anilines is 1. The molecule has 1 unspecified atom stereocenters. The number of pyridine rings is 3. The first-order valence-electron chi connectivity index (χ1n) is 10.7. The summed E-state index contributed by atoms with van der Waals surface area (Å²) in [7, 11) is 3.18. The van der Waals surface area contributed by atoms with Crippen LogP contribution < -0.4 is 31.0 Å². The average Bonchev–Trinajstić information content (AvgIpc) is 2.85. The maximum atomic E-state index is 7.41. The smallest absolute Gasteiger partial charge is 0.186 e. The fourth-order valence-electron chi connectivity index (χ4n) is 3.72. The Bertz CT molecular complexity index is 1360. The van der Waals surface area contributed by atoms with E-state index in [1.54, 1.807) is 32.8 Å². The van der Waals surface area contributed by atoms with Gasteiger partial charge in [0, 0.05) is 34.8 Å². The average molecular weight is 462 g/mol. The molecule has 0 aliphatic heterocycles. The van der Waals surface area contributed by atoms with Crippen molar-refractivity contribution in [2.24, 2.45) is 5.73 Å². The van der Waals surface area contributed by atoms with Crippen LogP contribution >= 0.6 is 0 Å². The first-order chi connectivity index (χ1) is 16.4. The Kier molecular flexibility index (Phi) is 6.48. The number of nitrogens with two attached hydrogens (primary N) is 2. The number of methoxy groups -OCH3 is 2. The van der Waals surface area contributed by atoms with Crippen LogP contribution in [0.4, 0.5) is 5.82 Å². The van der Waals surface area contributed by atoms with Gasteiger partial charge >= 0.3 is 0 Å². The largest absolute Gasteiger partial charge is 0.493 e. The highest BCUT2D eigenvalue weighted by Gasteiger charge is 2.14. The lowest BCUT2D eigenvalue weighted by Crippen LogP contribution is -2.42. The molecule has 4 rings (SSSR count). The van der Waals surface area contributed by atoms with Crippen molar-refractivity contribution in [3.05, 3.63) is 42.9 Å². The Morgan fingerprint density at radius 3 is 2.50 bits per heavy atom. The van der Waals surface area contributed by atoms with Crippen LogP contribution in [0.25, 0.3) is 32.9 Å². The van der Waals surface area contributed by atoms with E-state index < -0.39 is 0 Å². The number of rotatable bonds is 8. The van der Waals surface area contributed by atoms with Gasteiger partial charge in [0.25, 0.3) is 0 Å². The Balaban J connectivity index is 1.74. The van der Waals surface area contributed by atoms with Gasteiger partial charge in [0.15, 0.2) is 17.5 Å². The molecule has 6 N–H and O–H groups in total. The summed E-state index contributed by atoms with van der Waals surface area (Å²) < 4.78 is 16.8. The molecular formula is C24H27N7O3. The van der Waals surface area contributed by atoms with E-state index in [-0.39, 0.29) is 12.0 Å². The quantitative estimate of drug-likeness (QED) is 0.176. The minimum atomic E-state index is -0.0888. The third-order valence-electron chi connectivity index (χ3n) is 5.53. The van der Waals surface area contributed by atoms with Crippen LogP contribution in [0.3, 0.4) is 0 Å². The van der Waals surface area contributed by atoms with Crippen LogP contribution in [-0.4, -0.2) is 47.8 Å². The molecule has 10 heteroatoms. The van der Waals surface area contributed by atoms with Crippen LogP contribution in [0.5, 0.6) is 17.2 Å². The third kappa shape index (κ3) is 4.56. The molecule has 176 valence electrons. The number of hydrogen-bond acceptors (Lipinski definition) is 8. The van der Waals surface area contributed by atoms with Gasteiger partial charge in [-0.2, -0.15) is 0 Å². The first-order valence-corrected chi connectivity index (χ1v) is 10.7. The topological polar surface area (TPSA) is 154 Å². The van der Waals surface area contributed by atoms with E-state index in [1.807, 2.05) is 31.2 Å². The van der Waals surface area contributed by atoms with Gasteiger partial charge in [0.05, 0.1) is 37.7 Å². The Labute approximate surface area is 196 Å². The lowest BCUT2D eigenvalue weighted by atomic mass is 10.0. The zero-order valence-corrected chi connectivity index (χ0v) is 19.3. The molecule has 0 fully saturated rings. The van der Waals surface area contributed by atoms with Gasteiger partial charge < -0.3 is 31.0 Å². The summed E-state index contributed by atoms with van der Waals surface area (Å²) in [5, 5.41) is 12.8. The summed E-state index contributed by atoms with van der Waals surface area (Å²) >= 11 is 0. The molecule has 0 saturated carbocycles. The molecule has 0 saturated heterocycles. The molecule has 10 nitrogen and oxygen atoms in total. The summed E-state index contributed by atoms with van der Waals surface area (Å²) in [5.74, 6) is 2.05. The minimum absolute atomic E-state index is 0.0820. The molecule has 0 spiro atoms. The van der Waals surface area contributed by atoms with Crippen molar-refractivity contribution in [2.75, 3.05) is 26.6 Å². The SMILES string of the molecule is CCC(COc1cncc(-c2cc3c(cnc4cc(OC)c(OC)cc43)c(N)n2)c1)NC(=N)N. The normalized spacial score (nSPS) is 11.9. The molecule has 0 bridgehead atoms. The van der Waals surface area contributed by atoms with Crippen molar-refractivity contribution in [1.29, 1.82) is 5.41 Å². The van der Waals surface area contributed by atoms with Gasteiger partial charge in [0.1, 0.15) is 18.2 Å². The van der Waals surface area contributed by atoms with Crippen LogP contribution in [-0.2, 0) is 0 Å². The molecule has 0 radical (unpaired) electrons. The summed E-state index contributed by atoms with van der Waals surface area (Å²) in [6.45, 7) is 2.33. The molecule has 34 heavy (non-hydrogen) atoms. The highest BCUT2D eigenvalue weighted by atomic mass is 16.5. The molecule has 0 aliphatic rings. The number of guanidine groups is 1. The molecule has 4 aromatic rings. The number of nitrogens with one attached hydrogen (secondary N) is 2. The lowest BCUT2D eigenvalue weighted by molar-refractivity contribution is 0.273. The monoisotopic (exact) mass is 461 g/mol. The fourth-order valence-corrected chi connectivity index (χ4v) is 3.72. The van der Waals surface area contributed by atoms with Crippen molar-refractivity contribution in [1.82, 2.24) is 20.3 Å². The van der Waals surface area contributed by atoms with E-state index in [2.05, 4.69) is 20.3 Å². The molecule has 1 aromatic carbocycles. The van der Waals surface area contributed by atoms with Gasteiger partial charge in [-0.25, -0.2) is 4.98 Å². The second kappa shape index (κ2) is 9.65. The van der Waals surface area contributed by atoms with Gasteiger partial charge in [-0.15, -0.1) is 0 Å². The van der Waals surface area contributed by atoms with Crippen molar-refractivity contribution in [3.63, 3.8) is 0 Å². The van der Waals surface area contributed by atoms with E-state index in [4.69, 9.17) is 31.1 Å². The number of ether oxygens (including phenoxy) is 3. The first kappa shape index (κ1) is 22.8. The van der Waals surface area contributed by atoms with Gasteiger partial charge in [-0.1, -0.05) is 6.92 Å². The Morgan fingerprint density at radius 2 is 1.79 bits per heavy atom. The Morgan fingerprint density at radius 1 is 1.03 bits per heavy atom. The molecule has 3 aromatic heterocycles. The van der Waals surface area contributed by atoms with Crippen LogP contribution in [0.2, 0.25) is 0 Å². The number of nitrogens with zero attached hydrogens (tertiary/aromatic N) is 3. The van der Waals surface area contributed by atoms with Gasteiger partial charge in [-0.05, 0) is 30.0 Å². The van der Waals surface area contributed by atoms with Crippen molar-refractivity contribution in [3.8, 4) is 28.5 Å². The maximum absolute atomic E-state index is 7.41. The van der Waals surface area contributed by atoms with Gasteiger partial charge in [0.2, 0.25) is 0 Å². The molecule has 3 heterocycles. The number of aromatic nitrogens is 3. The predicted molar refractivity (Wildman–Crippen MR) is 132 cm³/mol. The molecule has 0 aliphatic carbocycles. The highest BCUT2D eigenvalue weighted by molar-refractivity contribution is 6.10. The van der Waals surface area contributed by atoms with Crippen LogP contribution in [0.1, 0.15) is 13.3 Å². The summed E-state index contributed by atoms with van der Waals surface area (Å²) in [6, 6.07) is 7.44. The lowest BCUT2D eigenvalue weighted by Gasteiger charge is -2.17. The van der Waals surface area contributed by atoms with E-state index in [0.29, 0.717) is 35.4 Å². The second-order valence-electron chi connectivity index (χ2n) is 7.72. The van der Waals surface area contributed by atoms with E-state index in [0.717, 1.165) is 33.7 Å². The molecule has 0 amide bonds. The predicted octanol–water partition coefficient (Wildman–Crippen LogP) is 3.08. The number of nitrogen functional groups attached to an aromatic ring is 1. The maximum Gasteiger partial charge on any atom is 0.186 e.